The van der Waals surface area contributed by atoms with Gasteiger partial charge in [-0.3, -0.25) is 4.79 Å². The fraction of sp³-hybridized carbons (Fsp3) is 0.533. The van der Waals surface area contributed by atoms with Crippen molar-refractivity contribution in [2.24, 2.45) is 5.92 Å². The molecule has 21 heavy (non-hydrogen) atoms. The van der Waals surface area contributed by atoms with Crippen molar-refractivity contribution in [3.63, 3.8) is 0 Å². The van der Waals surface area contributed by atoms with Crippen molar-refractivity contribution >= 4 is 5.97 Å². The van der Waals surface area contributed by atoms with E-state index in [0.29, 0.717) is 35.3 Å². The minimum atomic E-state index is -0.943. The maximum atomic E-state index is 11.6. The van der Waals surface area contributed by atoms with E-state index in [9.17, 15) is 9.90 Å². The summed E-state index contributed by atoms with van der Waals surface area (Å²) in [6.07, 6.45) is 2.31. The van der Waals surface area contributed by atoms with E-state index in [4.69, 9.17) is 14.2 Å². The summed E-state index contributed by atoms with van der Waals surface area (Å²) in [5.74, 6) is 0.924. The summed E-state index contributed by atoms with van der Waals surface area (Å²) in [4.78, 5) is 11.6. The van der Waals surface area contributed by atoms with Crippen LogP contribution in [0, 0.1) is 5.92 Å². The lowest BCUT2D eigenvalue weighted by Crippen LogP contribution is -2.30. The molecule has 2 rings (SSSR count). The summed E-state index contributed by atoms with van der Waals surface area (Å²) < 4.78 is 15.9. The molecule has 1 saturated carbocycles. The van der Waals surface area contributed by atoms with Crippen molar-refractivity contribution < 1.29 is 24.1 Å². The third kappa shape index (κ3) is 3.39. The second-order valence-electron chi connectivity index (χ2n) is 5.05. The van der Waals surface area contributed by atoms with E-state index in [0.717, 1.165) is 12.8 Å². The zero-order valence-corrected chi connectivity index (χ0v) is 12.5. The van der Waals surface area contributed by atoms with Gasteiger partial charge in [0.15, 0.2) is 11.5 Å². The second kappa shape index (κ2) is 6.67. The summed E-state index contributed by atoms with van der Waals surface area (Å²) in [5, 5.41) is 12.6. The number of hydrogen-bond acceptors (Lipinski definition) is 5. The van der Waals surface area contributed by atoms with Crippen molar-refractivity contribution in [2.75, 3.05) is 27.9 Å². The number of benzene rings is 1. The molecule has 6 nitrogen and oxygen atoms in total. The molecule has 0 heterocycles. The van der Waals surface area contributed by atoms with Gasteiger partial charge >= 0.3 is 5.97 Å². The lowest BCUT2D eigenvalue weighted by molar-refractivity contribution is -0.139. The van der Waals surface area contributed by atoms with Crippen LogP contribution in [0.1, 0.15) is 24.4 Å². The Labute approximate surface area is 124 Å². The van der Waals surface area contributed by atoms with Gasteiger partial charge in [0.05, 0.1) is 21.3 Å². The highest BCUT2D eigenvalue weighted by Gasteiger charge is 2.29. The standard InChI is InChI=1S/C15H21NO5/c1-19-11-7-6-10(13(20-2)14(11)21-3)12(15(17)18)16-8-9-4-5-9/h6-7,9,12,16H,4-5,8H2,1-3H3,(H,17,18). The lowest BCUT2D eigenvalue weighted by Gasteiger charge is -2.20. The van der Waals surface area contributed by atoms with E-state index in [2.05, 4.69) is 5.32 Å². The van der Waals surface area contributed by atoms with Crippen LogP contribution >= 0.6 is 0 Å². The fourth-order valence-electron chi connectivity index (χ4n) is 2.29. The van der Waals surface area contributed by atoms with E-state index in [1.807, 2.05) is 0 Å². The molecule has 116 valence electrons. The normalized spacial score (nSPS) is 15.4. The second-order valence-corrected chi connectivity index (χ2v) is 5.05. The topological polar surface area (TPSA) is 77.0 Å². The first-order chi connectivity index (χ1) is 10.1. The Kier molecular flexibility index (Phi) is 4.90. The Balaban J connectivity index is 2.35. The van der Waals surface area contributed by atoms with E-state index in [1.54, 1.807) is 12.1 Å². The molecule has 1 aromatic rings. The molecular weight excluding hydrogens is 274 g/mol. The van der Waals surface area contributed by atoms with Crippen LogP contribution in [0.15, 0.2) is 12.1 Å². The van der Waals surface area contributed by atoms with Crippen molar-refractivity contribution in [3.8, 4) is 17.2 Å². The average molecular weight is 295 g/mol. The number of carboxylic acid groups (broad SMARTS) is 1. The SMILES string of the molecule is COc1ccc(C(NCC2CC2)C(=O)O)c(OC)c1OC. The smallest absolute Gasteiger partial charge is 0.325 e. The maximum absolute atomic E-state index is 11.6. The van der Waals surface area contributed by atoms with Crippen molar-refractivity contribution in [1.29, 1.82) is 0 Å². The molecule has 2 N–H and O–H groups in total. The molecule has 6 heteroatoms. The van der Waals surface area contributed by atoms with Crippen molar-refractivity contribution in [3.05, 3.63) is 17.7 Å². The van der Waals surface area contributed by atoms with Crippen LogP contribution in [0.2, 0.25) is 0 Å². The van der Waals surface area contributed by atoms with Crippen LogP contribution in [0.3, 0.4) is 0 Å². The number of methoxy groups -OCH3 is 3. The molecule has 1 fully saturated rings. The quantitative estimate of drug-likeness (QED) is 0.762. The van der Waals surface area contributed by atoms with Gasteiger partial charge in [0.1, 0.15) is 6.04 Å². The highest BCUT2D eigenvalue weighted by Crippen LogP contribution is 2.42. The molecule has 1 unspecified atom stereocenters. The summed E-state index contributed by atoms with van der Waals surface area (Å²) in [5.41, 5.74) is 0.531. The molecule has 1 atom stereocenters. The molecule has 0 amide bonds. The minimum Gasteiger partial charge on any atom is -0.493 e. The molecule has 1 aromatic carbocycles. The Morgan fingerprint density at radius 1 is 1.24 bits per heavy atom. The van der Waals surface area contributed by atoms with Crippen LogP contribution in [-0.4, -0.2) is 38.9 Å². The first-order valence-electron chi connectivity index (χ1n) is 6.87. The van der Waals surface area contributed by atoms with Gasteiger partial charge < -0.3 is 24.6 Å². The predicted molar refractivity (Wildman–Crippen MR) is 77.2 cm³/mol. The number of carbonyl (C=O) groups is 1. The first-order valence-corrected chi connectivity index (χ1v) is 6.87. The molecule has 0 spiro atoms. The van der Waals surface area contributed by atoms with E-state index in [-0.39, 0.29) is 0 Å². The minimum absolute atomic E-state index is 0.382. The molecule has 0 radical (unpaired) electrons. The number of nitrogens with one attached hydrogen (secondary N) is 1. The molecule has 1 aliphatic rings. The number of rotatable bonds is 8. The predicted octanol–water partition coefficient (Wildman–Crippen LogP) is 1.84. The van der Waals surface area contributed by atoms with E-state index >= 15 is 0 Å². The highest BCUT2D eigenvalue weighted by atomic mass is 16.5. The third-order valence-corrected chi connectivity index (χ3v) is 3.60. The summed E-state index contributed by atoms with van der Waals surface area (Å²) in [7, 11) is 4.51. The van der Waals surface area contributed by atoms with Gasteiger partial charge in [-0.15, -0.1) is 0 Å². The van der Waals surface area contributed by atoms with Gasteiger partial charge in [0.2, 0.25) is 5.75 Å². The van der Waals surface area contributed by atoms with Gasteiger partial charge in [-0.05, 0) is 37.4 Å². The average Bonchev–Trinajstić information content (AvgIpc) is 3.30. The lowest BCUT2D eigenvalue weighted by atomic mass is 10.0. The van der Waals surface area contributed by atoms with Gasteiger partial charge in [0, 0.05) is 5.56 Å². The molecule has 0 aromatic heterocycles. The Morgan fingerprint density at radius 2 is 1.90 bits per heavy atom. The zero-order chi connectivity index (χ0) is 15.4. The summed E-state index contributed by atoms with van der Waals surface area (Å²) in [6, 6.07) is 2.55. The summed E-state index contributed by atoms with van der Waals surface area (Å²) >= 11 is 0. The Hall–Kier alpha value is -1.95. The Morgan fingerprint density at radius 3 is 2.38 bits per heavy atom. The summed E-state index contributed by atoms with van der Waals surface area (Å²) in [6.45, 7) is 0.689. The van der Waals surface area contributed by atoms with Crippen molar-refractivity contribution in [2.45, 2.75) is 18.9 Å². The number of hydrogen-bond donors (Lipinski definition) is 2. The molecule has 0 saturated heterocycles. The monoisotopic (exact) mass is 295 g/mol. The van der Waals surface area contributed by atoms with E-state index < -0.39 is 12.0 Å². The fourth-order valence-corrected chi connectivity index (χ4v) is 2.29. The molecule has 0 bridgehead atoms. The highest BCUT2D eigenvalue weighted by molar-refractivity contribution is 5.78. The van der Waals surface area contributed by atoms with Crippen molar-refractivity contribution in [1.82, 2.24) is 5.32 Å². The molecule has 0 aliphatic heterocycles. The van der Waals surface area contributed by atoms with Crippen LogP contribution in [0.5, 0.6) is 17.2 Å². The van der Waals surface area contributed by atoms with Crippen LogP contribution in [-0.2, 0) is 4.79 Å². The zero-order valence-electron chi connectivity index (χ0n) is 12.5. The maximum Gasteiger partial charge on any atom is 0.325 e. The van der Waals surface area contributed by atoms with Gasteiger partial charge in [-0.25, -0.2) is 0 Å². The number of carboxylic acids is 1. The molecular formula is C15H21NO5. The van der Waals surface area contributed by atoms with Gasteiger partial charge in [-0.2, -0.15) is 0 Å². The Bertz CT molecular complexity index is 513. The first kappa shape index (κ1) is 15.4. The van der Waals surface area contributed by atoms with Gasteiger partial charge in [-0.1, -0.05) is 0 Å². The number of aliphatic carboxylic acids is 1. The largest absolute Gasteiger partial charge is 0.493 e. The van der Waals surface area contributed by atoms with E-state index in [1.165, 1.54) is 21.3 Å². The third-order valence-electron chi connectivity index (χ3n) is 3.60. The van der Waals surface area contributed by atoms with Gasteiger partial charge in [0.25, 0.3) is 0 Å². The molecule has 1 aliphatic carbocycles. The van der Waals surface area contributed by atoms with Crippen LogP contribution in [0.4, 0.5) is 0 Å². The van der Waals surface area contributed by atoms with Crippen LogP contribution in [0.25, 0.3) is 0 Å². The number of ether oxygens (including phenoxy) is 3. The van der Waals surface area contributed by atoms with Crippen LogP contribution < -0.4 is 19.5 Å².